The minimum absolute atomic E-state index is 0.0832. The Morgan fingerprint density at radius 1 is 1.29 bits per heavy atom. The molecule has 0 unspecified atom stereocenters. The Bertz CT molecular complexity index is 960. The van der Waals surface area contributed by atoms with Crippen LogP contribution in [0, 0.1) is 11.8 Å². The molecule has 2 saturated carbocycles. The standard InChI is InChI=1S/C21H27N3O2S2/c1-2-10-24-20(26)17-14-4-3-5-15(14)28-19(17)23-21(24)27-11-16(25)22-18(12-6-7-12)13-8-9-13/h12-13,18H,2-11H2,1H3,(H,22,25). The Morgan fingerprint density at radius 2 is 2.04 bits per heavy atom. The average Bonchev–Trinajstić information content (AvgIpc) is 3.59. The smallest absolute Gasteiger partial charge is 0.263 e. The van der Waals surface area contributed by atoms with Crippen LogP contribution in [0.1, 0.15) is 55.9 Å². The zero-order chi connectivity index (χ0) is 19.3. The van der Waals surface area contributed by atoms with Crippen molar-refractivity contribution >= 4 is 39.2 Å². The molecule has 7 heteroatoms. The molecule has 3 aliphatic carbocycles. The monoisotopic (exact) mass is 417 g/mol. The molecule has 5 nitrogen and oxygen atoms in total. The molecule has 28 heavy (non-hydrogen) atoms. The lowest BCUT2D eigenvalue weighted by molar-refractivity contribution is -0.119. The van der Waals surface area contributed by atoms with E-state index in [9.17, 15) is 9.59 Å². The van der Waals surface area contributed by atoms with Crippen LogP contribution in [0.25, 0.3) is 10.2 Å². The molecule has 0 aliphatic heterocycles. The third-order valence-corrected chi connectivity index (χ3v) is 8.32. The van der Waals surface area contributed by atoms with E-state index in [1.807, 2.05) is 0 Å². The number of rotatable bonds is 8. The predicted octanol–water partition coefficient (Wildman–Crippen LogP) is 3.75. The number of nitrogens with zero attached hydrogens (tertiary/aromatic N) is 2. The van der Waals surface area contributed by atoms with Crippen LogP contribution >= 0.6 is 23.1 Å². The van der Waals surface area contributed by atoms with Crippen LogP contribution in [0.5, 0.6) is 0 Å². The van der Waals surface area contributed by atoms with Crippen LogP contribution < -0.4 is 10.9 Å². The number of thioether (sulfide) groups is 1. The molecule has 1 N–H and O–H groups in total. The van der Waals surface area contributed by atoms with E-state index in [0.717, 1.165) is 35.9 Å². The molecule has 0 aromatic carbocycles. The van der Waals surface area contributed by atoms with Crippen molar-refractivity contribution in [1.82, 2.24) is 14.9 Å². The van der Waals surface area contributed by atoms with Crippen molar-refractivity contribution in [3.05, 3.63) is 20.8 Å². The summed E-state index contributed by atoms with van der Waals surface area (Å²) in [6.45, 7) is 2.73. The van der Waals surface area contributed by atoms with Crippen molar-refractivity contribution in [2.45, 2.75) is 76.0 Å². The fourth-order valence-electron chi connectivity index (χ4n) is 4.48. The van der Waals surface area contributed by atoms with Gasteiger partial charge in [-0.05, 0) is 68.8 Å². The normalized spacial score (nSPS) is 18.8. The third kappa shape index (κ3) is 3.52. The molecule has 0 radical (unpaired) electrons. The lowest BCUT2D eigenvalue weighted by Gasteiger charge is -2.17. The van der Waals surface area contributed by atoms with Gasteiger partial charge < -0.3 is 5.32 Å². The van der Waals surface area contributed by atoms with E-state index >= 15 is 0 Å². The van der Waals surface area contributed by atoms with Crippen LogP contribution in [-0.4, -0.2) is 27.3 Å². The maximum absolute atomic E-state index is 13.2. The molecule has 2 heterocycles. The summed E-state index contributed by atoms with van der Waals surface area (Å²) in [5, 5.41) is 4.81. The third-order valence-electron chi connectivity index (χ3n) is 6.16. The van der Waals surface area contributed by atoms with E-state index in [2.05, 4.69) is 12.2 Å². The molecule has 1 amide bonds. The van der Waals surface area contributed by atoms with E-state index in [0.29, 0.717) is 35.3 Å². The van der Waals surface area contributed by atoms with Gasteiger partial charge in [0, 0.05) is 17.5 Å². The van der Waals surface area contributed by atoms with Gasteiger partial charge in [0.15, 0.2) is 5.16 Å². The second-order valence-electron chi connectivity index (χ2n) is 8.45. The summed E-state index contributed by atoms with van der Waals surface area (Å²) in [4.78, 5) is 32.8. The average molecular weight is 418 g/mol. The van der Waals surface area contributed by atoms with Gasteiger partial charge in [0.25, 0.3) is 5.56 Å². The van der Waals surface area contributed by atoms with Crippen molar-refractivity contribution in [1.29, 1.82) is 0 Å². The van der Waals surface area contributed by atoms with Gasteiger partial charge >= 0.3 is 0 Å². The highest BCUT2D eigenvalue weighted by molar-refractivity contribution is 7.99. The number of aryl methyl sites for hydroxylation is 2. The van der Waals surface area contributed by atoms with E-state index in [-0.39, 0.29) is 11.5 Å². The molecule has 5 rings (SSSR count). The first-order valence-electron chi connectivity index (χ1n) is 10.6. The molecule has 150 valence electrons. The van der Waals surface area contributed by atoms with Crippen LogP contribution in [0.4, 0.5) is 0 Å². The second kappa shape index (κ2) is 7.48. The zero-order valence-corrected chi connectivity index (χ0v) is 18.0. The van der Waals surface area contributed by atoms with Gasteiger partial charge in [-0.2, -0.15) is 0 Å². The number of aromatic nitrogens is 2. The van der Waals surface area contributed by atoms with Gasteiger partial charge in [-0.15, -0.1) is 11.3 Å². The zero-order valence-electron chi connectivity index (χ0n) is 16.3. The first-order valence-corrected chi connectivity index (χ1v) is 12.4. The lowest BCUT2D eigenvalue weighted by Crippen LogP contribution is -2.39. The molecule has 0 atom stereocenters. The summed E-state index contributed by atoms with van der Waals surface area (Å²) in [6, 6.07) is 0.377. The number of hydrogen-bond donors (Lipinski definition) is 1. The highest BCUT2D eigenvalue weighted by Crippen LogP contribution is 2.44. The Hall–Kier alpha value is -1.34. The summed E-state index contributed by atoms with van der Waals surface area (Å²) in [5.74, 6) is 1.81. The molecule has 0 spiro atoms. The van der Waals surface area contributed by atoms with Crippen molar-refractivity contribution in [2.75, 3.05) is 5.75 Å². The molecule has 3 aliphatic rings. The van der Waals surface area contributed by atoms with Crippen LogP contribution in [0.15, 0.2) is 9.95 Å². The summed E-state index contributed by atoms with van der Waals surface area (Å²) in [5.41, 5.74) is 1.32. The molecule has 2 aromatic rings. The number of nitrogens with one attached hydrogen (secondary N) is 1. The number of carbonyl (C=O) groups excluding carboxylic acids is 1. The summed E-state index contributed by atoms with van der Waals surface area (Å²) < 4.78 is 1.80. The van der Waals surface area contributed by atoms with Gasteiger partial charge in [-0.1, -0.05) is 18.7 Å². The number of carbonyl (C=O) groups is 1. The van der Waals surface area contributed by atoms with Crippen LogP contribution in [0.3, 0.4) is 0 Å². The van der Waals surface area contributed by atoms with E-state index in [4.69, 9.17) is 4.98 Å². The highest BCUT2D eigenvalue weighted by atomic mass is 32.2. The predicted molar refractivity (Wildman–Crippen MR) is 114 cm³/mol. The maximum Gasteiger partial charge on any atom is 0.263 e. The van der Waals surface area contributed by atoms with Gasteiger partial charge in [0.05, 0.1) is 11.1 Å². The number of fused-ring (bicyclic) bond motifs is 3. The van der Waals surface area contributed by atoms with Gasteiger partial charge in [0.2, 0.25) is 5.91 Å². The van der Waals surface area contributed by atoms with E-state index in [1.54, 1.807) is 15.9 Å². The van der Waals surface area contributed by atoms with Gasteiger partial charge in [-0.3, -0.25) is 14.2 Å². The number of amides is 1. The van der Waals surface area contributed by atoms with Crippen molar-refractivity contribution in [3.63, 3.8) is 0 Å². The fraction of sp³-hybridized carbons (Fsp3) is 0.667. The first kappa shape index (κ1) is 18.7. The Kier molecular flexibility index (Phi) is 4.99. The molecule has 0 saturated heterocycles. The molecular weight excluding hydrogens is 390 g/mol. The Balaban J connectivity index is 1.36. The minimum Gasteiger partial charge on any atom is -0.352 e. The molecule has 2 fully saturated rings. The van der Waals surface area contributed by atoms with Gasteiger partial charge in [0.1, 0.15) is 4.83 Å². The van der Waals surface area contributed by atoms with E-state index < -0.39 is 0 Å². The topological polar surface area (TPSA) is 64.0 Å². The van der Waals surface area contributed by atoms with E-state index in [1.165, 1.54) is 47.9 Å². The molecular formula is C21H27N3O2S2. The SMILES string of the molecule is CCCn1c(SCC(=O)NC(C2CC2)C2CC2)nc2sc3c(c2c1=O)CCC3. The van der Waals surface area contributed by atoms with Crippen molar-refractivity contribution < 1.29 is 4.79 Å². The summed E-state index contributed by atoms with van der Waals surface area (Å²) >= 11 is 3.09. The van der Waals surface area contributed by atoms with Crippen molar-refractivity contribution in [3.8, 4) is 0 Å². The Morgan fingerprint density at radius 3 is 2.71 bits per heavy atom. The lowest BCUT2D eigenvalue weighted by atomic mass is 10.1. The largest absolute Gasteiger partial charge is 0.352 e. The highest BCUT2D eigenvalue weighted by Gasteiger charge is 2.42. The summed E-state index contributed by atoms with van der Waals surface area (Å²) in [6.07, 6.45) is 9.11. The molecule has 0 bridgehead atoms. The fourth-order valence-corrected chi connectivity index (χ4v) is 6.62. The Labute approximate surface area is 173 Å². The van der Waals surface area contributed by atoms with Crippen LogP contribution in [0.2, 0.25) is 0 Å². The minimum atomic E-state index is 0.0832. The van der Waals surface area contributed by atoms with Gasteiger partial charge in [-0.25, -0.2) is 4.98 Å². The first-order chi connectivity index (χ1) is 13.7. The molecule has 2 aromatic heterocycles. The van der Waals surface area contributed by atoms with Crippen molar-refractivity contribution in [2.24, 2.45) is 11.8 Å². The summed E-state index contributed by atoms with van der Waals surface area (Å²) in [7, 11) is 0. The second-order valence-corrected chi connectivity index (χ2v) is 10.5. The van der Waals surface area contributed by atoms with Crippen LogP contribution in [-0.2, 0) is 24.2 Å². The quantitative estimate of drug-likeness (QED) is 0.525. The number of thiophene rings is 1. The number of hydrogen-bond acceptors (Lipinski definition) is 5. The maximum atomic E-state index is 13.2.